The van der Waals surface area contributed by atoms with E-state index in [0.29, 0.717) is 13.0 Å². The number of phosphoric ester groups is 1. The van der Waals surface area contributed by atoms with Crippen molar-refractivity contribution in [1.82, 2.24) is 0 Å². The summed E-state index contributed by atoms with van der Waals surface area (Å²) in [5, 5.41) is 50.3. The van der Waals surface area contributed by atoms with E-state index < -0.39 is 63.1 Å². The number of ether oxygens (including phenoxy) is 2. The van der Waals surface area contributed by atoms with E-state index in [-0.39, 0.29) is 13.0 Å². The fourth-order valence-electron chi connectivity index (χ4n) is 8.07. The predicted octanol–water partition coefficient (Wildman–Crippen LogP) is 11.8. The monoisotopic (exact) mass is 945 g/mol. The molecule has 0 heterocycles. The number of phosphoric acid groups is 1. The number of hydrogen-bond donors (Lipinski definition) is 6. The highest BCUT2D eigenvalue weighted by Gasteiger charge is 2.51. The van der Waals surface area contributed by atoms with Gasteiger partial charge >= 0.3 is 13.8 Å². The Balaban J connectivity index is 2.33. The van der Waals surface area contributed by atoms with Gasteiger partial charge in [0.1, 0.15) is 42.7 Å². The Morgan fingerprint density at radius 1 is 0.492 bits per heavy atom. The maximum atomic E-state index is 12.9. The van der Waals surface area contributed by atoms with Gasteiger partial charge in [-0.2, -0.15) is 0 Å². The first-order valence-electron chi connectivity index (χ1n) is 26.3. The maximum absolute atomic E-state index is 12.9. The minimum atomic E-state index is -5.02. The number of allylic oxidation sites excluding steroid dienone is 6. The first kappa shape index (κ1) is 61.6. The molecule has 1 rings (SSSR count). The number of rotatable bonds is 45. The molecule has 0 radical (unpaired) electrons. The molecule has 0 aromatic carbocycles. The summed E-state index contributed by atoms with van der Waals surface area (Å²) in [5.41, 5.74) is 0. The van der Waals surface area contributed by atoms with Crippen LogP contribution in [0.4, 0.5) is 0 Å². The smallest absolute Gasteiger partial charge is 0.457 e. The van der Waals surface area contributed by atoms with Gasteiger partial charge in [0.2, 0.25) is 0 Å². The number of aliphatic hydroxyl groups is 5. The molecule has 382 valence electrons. The Hall–Kier alpha value is -1.44. The van der Waals surface area contributed by atoms with E-state index in [1.165, 1.54) is 135 Å². The molecule has 1 fully saturated rings. The number of aliphatic hydroxyl groups excluding tert-OH is 5. The minimum absolute atomic E-state index is 0.0807. The van der Waals surface area contributed by atoms with Crippen LogP contribution in [0.1, 0.15) is 226 Å². The Labute approximate surface area is 395 Å². The maximum Gasteiger partial charge on any atom is 0.472 e. The van der Waals surface area contributed by atoms with Crippen LogP contribution in [0.3, 0.4) is 0 Å². The molecule has 6 atom stereocenters. The van der Waals surface area contributed by atoms with Gasteiger partial charge in [-0.3, -0.25) is 13.8 Å². The van der Waals surface area contributed by atoms with Crippen LogP contribution in [-0.4, -0.2) is 98.9 Å². The van der Waals surface area contributed by atoms with Crippen molar-refractivity contribution in [3.05, 3.63) is 36.5 Å². The second-order valence-corrected chi connectivity index (χ2v) is 19.8. The van der Waals surface area contributed by atoms with Crippen molar-refractivity contribution in [2.24, 2.45) is 0 Å². The third-order valence-corrected chi connectivity index (χ3v) is 13.3. The third kappa shape index (κ3) is 34.5. The van der Waals surface area contributed by atoms with Gasteiger partial charge < -0.3 is 39.9 Å². The summed E-state index contributed by atoms with van der Waals surface area (Å²) in [4.78, 5) is 23.2. The van der Waals surface area contributed by atoms with E-state index >= 15 is 0 Å². The van der Waals surface area contributed by atoms with E-state index in [1.54, 1.807) is 0 Å². The molecule has 0 saturated heterocycles. The SMILES string of the molecule is CCCCCCC/C=C\C/C=C\C/C=C\CCCCCCCCCOCC(COP(=O)(O)OC1C(O)C(O)C(O)C(O)C1O)OC(=O)CCCCCCCCCCCCCCCCCC. The molecule has 6 N–H and O–H groups in total. The van der Waals surface area contributed by atoms with Crippen LogP contribution in [0.25, 0.3) is 0 Å². The van der Waals surface area contributed by atoms with Crippen LogP contribution < -0.4 is 0 Å². The molecule has 0 spiro atoms. The number of hydrogen-bond acceptors (Lipinski definition) is 11. The standard InChI is InChI=1S/C52H97O12P/c1-3-5-7-9-11-13-15-17-19-21-22-23-24-25-26-28-30-32-34-36-38-40-42-61-43-45(44-62-65(59,60)64-52-50(57)48(55)47(54)49(56)51(52)58)63-46(53)41-39-37-35-33-31-29-27-20-18-16-14-12-10-8-6-4-2/h15,17,21-22,24-25,45,47-52,54-58H,3-14,16,18-20,23,26-44H2,1-2H3,(H,59,60)/b17-15-,22-21-,25-24-. The highest BCUT2D eigenvalue weighted by molar-refractivity contribution is 7.47. The second-order valence-electron chi connectivity index (χ2n) is 18.4. The molecule has 0 amide bonds. The molecule has 65 heavy (non-hydrogen) atoms. The van der Waals surface area contributed by atoms with Gasteiger partial charge in [-0.1, -0.05) is 204 Å². The molecule has 0 aromatic heterocycles. The Morgan fingerprint density at radius 2 is 0.862 bits per heavy atom. The normalized spacial score (nSPS) is 21.8. The molecule has 1 aliphatic rings. The lowest BCUT2D eigenvalue weighted by atomic mass is 9.85. The van der Waals surface area contributed by atoms with Crippen LogP contribution in [0.5, 0.6) is 0 Å². The van der Waals surface area contributed by atoms with E-state index in [2.05, 4.69) is 50.3 Å². The first-order chi connectivity index (χ1) is 31.5. The summed E-state index contributed by atoms with van der Waals surface area (Å²) in [6, 6.07) is 0. The first-order valence-corrected chi connectivity index (χ1v) is 27.8. The number of carbonyl (C=O) groups is 1. The Kier molecular flexibility index (Phi) is 40.4. The van der Waals surface area contributed by atoms with Crippen molar-refractivity contribution in [1.29, 1.82) is 0 Å². The fraction of sp³-hybridized carbons (Fsp3) is 0.865. The van der Waals surface area contributed by atoms with Crippen LogP contribution >= 0.6 is 7.82 Å². The summed E-state index contributed by atoms with van der Waals surface area (Å²) in [7, 11) is -5.02. The number of unbranched alkanes of at least 4 members (excludes halogenated alkanes) is 27. The third-order valence-electron chi connectivity index (χ3n) is 12.3. The van der Waals surface area contributed by atoms with Gasteiger partial charge in [0.25, 0.3) is 0 Å². The quantitative estimate of drug-likeness (QED) is 0.0147. The highest BCUT2D eigenvalue weighted by Crippen LogP contribution is 2.47. The van der Waals surface area contributed by atoms with Crippen LogP contribution in [0.15, 0.2) is 36.5 Å². The van der Waals surface area contributed by atoms with Crippen molar-refractivity contribution in [2.75, 3.05) is 19.8 Å². The zero-order valence-corrected chi connectivity index (χ0v) is 41.9. The summed E-state index contributed by atoms with van der Waals surface area (Å²) < 4.78 is 34.3. The van der Waals surface area contributed by atoms with E-state index in [0.717, 1.165) is 64.2 Å². The van der Waals surface area contributed by atoms with E-state index in [4.69, 9.17) is 18.5 Å². The lowest BCUT2D eigenvalue weighted by Crippen LogP contribution is -2.64. The van der Waals surface area contributed by atoms with Crippen molar-refractivity contribution in [2.45, 2.75) is 268 Å². The Morgan fingerprint density at radius 3 is 1.31 bits per heavy atom. The van der Waals surface area contributed by atoms with Gasteiger partial charge in [0.05, 0.1) is 13.2 Å². The highest BCUT2D eigenvalue weighted by atomic mass is 31.2. The van der Waals surface area contributed by atoms with Crippen molar-refractivity contribution in [3.63, 3.8) is 0 Å². The zero-order chi connectivity index (χ0) is 47.6. The zero-order valence-electron chi connectivity index (χ0n) is 41.0. The molecule has 1 saturated carbocycles. The van der Waals surface area contributed by atoms with Gasteiger partial charge in [-0.15, -0.1) is 0 Å². The van der Waals surface area contributed by atoms with E-state index in [9.17, 15) is 39.8 Å². The van der Waals surface area contributed by atoms with Crippen LogP contribution in [-0.2, 0) is 27.9 Å². The van der Waals surface area contributed by atoms with Crippen molar-refractivity contribution >= 4 is 13.8 Å². The number of esters is 1. The summed E-state index contributed by atoms with van der Waals surface area (Å²) in [6.07, 6.45) is 39.2. The van der Waals surface area contributed by atoms with Gasteiger partial charge in [-0.05, 0) is 51.4 Å². The molecule has 0 bridgehead atoms. The molecule has 12 nitrogen and oxygen atoms in total. The molecule has 1 aliphatic carbocycles. The molecule has 6 unspecified atom stereocenters. The van der Waals surface area contributed by atoms with Gasteiger partial charge in [-0.25, -0.2) is 4.57 Å². The summed E-state index contributed by atoms with van der Waals surface area (Å²) >= 11 is 0. The van der Waals surface area contributed by atoms with Crippen LogP contribution in [0.2, 0.25) is 0 Å². The molecule has 0 aliphatic heterocycles. The van der Waals surface area contributed by atoms with Gasteiger partial charge in [0, 0.05) is 13.0 Å². The fourth-order valence-corrected chi connectivity index (χ4v) is 9.04. The van der Waals surface area contributed by atoms with Gasteiger partial charge in [0.15, 0.2) is 0 Å². The topological polar surface area (TPSA) is 192 Å². The summed E-state index contributed by atoms with van der Waals surface area (Å²) in [5.74, 6) is -0.478. The molecule has 0 aromatic rings. The average Bonchev–Trinajstić information content (AvgIpc) is 3.29. The lowest BCUT2D eigenvalue weighted by Gasteiger charge is -2.41. The average molecular weight is 945 g/mol. The molecular formula is C52H97O12P. The summed E-state index contributed by atoms with van der Waals surface area (Å²) in [6.45, 7) is 4.26. The van der Waals surface area contributed by atoms with E-state index in [1.807, 2.05) is 0 Å². The van der Waals surface area contributed by atoms with Crippen LogP contribution in [0, 0.1) is 0 Å². The predicted molar refractivity (Wildman–Crippen MR) is 263 cm³/mol. The van der Waals surface area contributed by atoms with Crippen molar-refractivity contribution < 1.29 is 58.3 Å². The molecule has 13 heteroatoms. The Bertz CT molecular complexity index is 1210. The number of carbonyl (C=O) groups excluding carboxylic acids is 1. The minimum Gasteiger partial charge on any atom is -0.457 e. The van der Waals surface area contributed by atoms with Crippen molar-refractivity contribution in [3.8, 4) is 0 Å². The molecular weight excluding hydrogens is 848 g/mol. The largest absolute Gasteiger partial charge is 0.472 e. The lowest BCUT2D eigenvalue weighted by molar-refractivity contribution is -0.220. The second kappa shape index (κ2) is 42.6.